The zero-order valence-corrected chi connectivity index (χ0v) is 12.2. The average Bonchev–Trinajstić information content (AvgIpc) is 2.46. The van der Waals surface area contributed by atoms with Crippen LogP contribution in [-0.4, -0.2) is 35.7 Å². The summed E-state index contributed by atoms with van der Waals surface area (Å²) in [6, 6.07) is 8.17. The van der Waals surface area contributed by atoms with Gasteiger partial charge in [-0.15, -0.1) is 0 Å². The lowest BCUT2D eigenvalue weighted by molar-refractivity contribution is -0.116. The number of aryl methyl sites for hydroxylation is 1. The molecule has 1 unspecified atom stereocenters. The molecule has 1 aromatic carbocycles. The first kappa shape index (κ1) is 14.4. The van der Waals surface area contributed by atoms with Gasteiger partial charge in [0, 0.05) is 18.8 Å². The van der Waals surface area contributed by atoms with Crippen LogP contribution in [0.25, 0.3) is 0 Å². The van der Waals surface area contributed by atoms with Crippen molar-refractivity contribution in [3.8, 4) is 0 Å². The number of hydrogen-bond donors (Lipinski definition) is 1. The second kappa shape index (κ2) is 6.96. The van der Waals surface area contributed by atoms with Crippen molar-refractivity contribution in [1.82, 2.24) is 0 Å². The zero-order chi connectivity index (χ0) is 13.7. The van der Waals surface area contributed by atoms with Gasteiger partial charge >= 0.3 is 0 Å². The molecule has 1 heterocycles. The summed E-state index contributed by atoms with van der Waals surface area (Å²) in [6.45, 7) is 3.01. The molecular weight excluding hydrogens is 258 g/mol. The molecule has 1 atom stereocenters. The summed E-state index contributed by atoms with van der Waals surface area (Å²) >= 11 is 1.61. The number of rotatable bonds is 5. The number of benzene rings is 1. The minimum atomic E-state index is 0.183. The fourth-order valence-electron chi connectivity index (χ4n) is 2.27. The highest BCUT2D eigenvalue weighted by Gasteiger charge is 2.21. The van der Waals surface area contributed by atoms with Gasteiger partial charge in [0.15, 0.2) is 0 Å². The first-order valence-electron chi connectivity index (χ1n) is 6.79. The van der Waals surface area contributed by atoms with E-state index in [1.807, 2.05) is 30.0 Å². The van der Waals surface area contributed by atoms with Gasteiger partial charge in [-0.1, -0.05) is 25.1 Å². The number of thioether (sulfide) groups is 1. The van der Waals surface area contributed by atoms with E-state index in [1.54, 1.807) is 11.8 Å². The predicted octanol–water partition coefficient (Wildman–Crippen LogP) is 2.33. The number of hydrogen-bond acceptors (Lipinski definition) is 3. The molecule has 1 N–H and O–H groups in total. The molecule has 19 heavy (non-hydrogen) atoms. The van der Waals surface area contributed by atoms with E-state index in [0.717, 1.165) is 30.8 Å². The Labute approximate surface area is 119 Å². The number of aliphatic hydroxyl groups excluding tert-OH is 1. The number of nitrogens with zero attached hydrogens (tertiary/aromatic N) is 1. The zero-order valence-electron chi connectivity index (χ0n) is 11.3. The van der Waals surface area contributed by atoms with Gasteiger partial charge in [0.05, 0.1) is 5.75 Å². The Morgan fingerprint density at radius 3 is 3.05 bits per heavy atom. The number of carbonyl (C=O) groups is 1. The molecule has 0 aromatic heterocycles. The summed E-state index contributed by atoms with van der Waals surface area (Å²) in [5.74, 6) is 1.77. The molecular formula is C15H21NO2S. The molecule has 4 heteroatoms. The van der Waals surface area contributed by atoms with Gasteiger partial charge in [0.2, 0.25) is 5.91 Å². The van der Waals surface area contributed by atoms with Crippen molar-refractivity contribution in [2.24, 2.45) is 5.92 Å². The van der Waals surface area contributed by atoms with Gasteiger partial charge in [0.25, 0.3) is 0 Å². The number of anilines is 1. The molecule has 0 radical (unpaired) electrons. The highest BCUT2D eigenvalue weighted by atomic mass is 32.2. The minimum Gasteiger partial charge on any atom is -0.396 e. The van der Waals surface area contributed by atoms with Crippen molar-refractivity contribution < 1.29 is 9.90 Å². The Kier molecular flexibility index (Phi) is 5.28. The summed E-state index contributed by atoms with van der Waals surface area (Å²) < 4.78 is 0. The van der Waals surface area contributed by atoms with Crippen molar-refractivity contribution in [2.75, 3.05) is 29.6 Å². The third-order valence-electron chi connectivity index (χ3n) is 3.35. The molecule has 1 aliphatic rings. The number of amides is 1. The summed E-state index contributed by atoms with van der Waals surface area (Å²) in [5.41, 5.74) is 2.35. The topological polar surface area (TPSA) is 40.5 Å². The largest absolute Gasteiger partial charge is 0.396 e. The van der Waals surface area contributed by atoms with Crippen LogP contribution in [0.4, 0.5) is 5.69 Å². The third kappa shape index (κ3) is 3.74. The van der Waals surface area contributed by atoms with Crippen LogP contribution in [0.15, 0.2) is 24.3 Å². The SMILES string of the molecule is CC(CO)CSCC(=O)N1CCCc2ccccc21. The summed E-state index contributed by atoms with van der Waals surface area (Å²) in [6.07, 6.45) is 2.11. The number of para-hydroxylation sites is 1. The maximum Gasteiger partial charge on any atom is 0.236 e. The number of aliphatic hydroxyl groups is 1. The molecule has 2 rings (SSSR count). The monoisotopic (exact) mass is 279 g/mol. The molecule has 104 valence electrons. The highest BCUT2D eigenvalue weighted by molar-refractivity contribution is 7.99. The maximum atomic E-state index is 12.3. The van der Waals surface area contributed by atoms with Crippen LogP contribution in [0, 0.1) is 5.92 Å². The average molecular weight is 279 g/mol. The lowest BCUT2D eigenvalue weighted by Crippen LogP contribution is -2.36. The van der Waals surface area contributed by atoms with Crippen LogP contribution in [0.1, 0.15) is 18.9 Å². The molecule has 0 saturated heterocycles. The molecule has 0 bridgehead atoms. The van der Waals surface area contributed by atoms with E-state index in [1.165, 1.54) is 5.56 Å². The van der Waals surface area contributed by atoms with Crippen LogP contribution >= 0.6 is 11.8 Å². The normalized spacial score (nSPS) is 16.0. The van der Waals surface area contributed by atoms with Gasteiger partial charge in [-0.3, -0.25) is 4.79 Å². The van der Waals surface area contributed by atoms with Crippen molar-refractivity contribution in [3.63, 3.8) is 0 Å². The summed E-state index contributed by atoms with van der Waals surface area (Å²) in [7, 11) is 0. The van der Waals surface area contributed by atoms with Gasteiger partial charge in [-0.05, 0) is 36.1 Å². The Bertz CT molecular complexity index is 436. The van der Waals surface area contributed by atoms with E-state index < -0.39 is 0 Å². The third-order valence-corrected chi connectivity index (χ3v) is 4.61. The van der Waals surface area contributed by atoms with Crippen molar-refractivity contribution >= 4 is 23.4 Å². The van der Waals surface area contributed by atoms with E-state index in [2.05, 4.69) is 6.07 Å². The van der Waals surface area contributed by atoms with Crippen molar-refractivity contribution in [2.45, 2.75) is 19.8 Å². The molecule has 1 aromatic rings. The maximum absolute atomic E-state index is 12.3. The van der Waals surface area contributed by atoms with Crippen molar-refractivity contribution in [3.05, 3.63) is 29.8 Å². The lowest BCUT2D eigenvalue weighted by Gasteiger charge is -2.29. The van der Waals surface area contributed by atoms with Crippen LogP contribution in [0.3, 0.4) is 0 Å². The van der Waals surface area contributed by atoms with Gasteiger partial charge < -0.3 is 10.0 Å². The second-order valence-corrected chi connectivity index (χ2v) is 6.11. The molecule has 0 aliphatic carbocycles. The van der Waals surface area contributed by atoms with E-state index in [4.69, 9.17) is 5.11 Å². The molecule has 0 spiro atoms. The highest BCUT2D eigenvalue weighted by Crippen LogP contribution is 2.27. The quantitative estimate of drug-likeness (QED) is 0.899. The van der Waals surface area contributed by atoms with Crippen LogP contribution in [-0.2, 0) is 11.2 Å². The Morgan fingerprint density at radius 1 is 1.47 bits per heavy atom. The Morgan fingerprint density at radius 2 is 2.26 bits per heavy atom. The fraction of sp³-hybridized carbons (Fsp3) is 0.533. The minimum absolute atomic E-state index is 0.183. The molecule has 1 amide bonds. The first-order chi connectivity index (χ1) is 9.22. The van der Waals surface area contributed by atoms with Crippen LogP contribution < -0.4 is 4.90 Å². The fourth-order valence-corrected chi connectivity index (χ4v) is 3.23. The lowest BCUT2D eigenvalue weighted by atomic mass is 10.0. The standard InChI is InChI=1S/C15H21NO2S/c1-12(9-17)10-19-11-15(18)16-8-4-6-13-5-2-3-7-14(13)16/h2-3,5,7,12,17H,4,6,8-11H2,1H3. The van der Waals surface area contributed by atoms with Gasteiger partial charge in [0.1, 0.15) is 0 Å². The molecule has 3 nitrogen and oxygen atoms in total. The number of carbonyl (C=O) groups excluding carboxylic acids is 1. The van der Waals surface area contributed by atoms with Crippen LogP contribution in [0.2, 0.25) is 0 Å². The van der Waals surface area contributed by atoms with E-state index >= 15 is 0 Å². The first-order valence-corrected chi connectivity index (χ1v) is 7.94. The summed E-state index contributed by atoms with van der Waals surface area (Å²) in [4.78, 5) is 14.2. The van der Waals surface area contributed by atoms with E-state index in [-0.39, 0.29) is 18.4 Å². The van der Waals surface area contributed by atoms with Gasteiger partial charge in [-0.25, -0.2) is 0 Å². The summed E-state index contributed by atoms with van der Waals surface area (Å²) in [5, 5.41) is 8.97. The van der Waals surface area contributed by atoms with Crippen LogP contribution in [0.5, 0.6) is 0 Å². The van der Waals surface area contributed by atoms with Crippen molar-refractivity contribution in [1.29, 1.82) is 0 Å². The molecule has 0 fully saturated rings. The molecule has 1 aliphatic heterocycles. The van der Waals surface area contributed by atoms with E-state index in [0.29, 0.717) is 5.75 Å². The second-order valence-electron chi connectivity index (χ2n) is 5.08. The predicted molar refractivity (Wildman–Crippen MR) is 80.7 cm³/mol. The smallest absolute Gasteiger partial charge is 0.236 e. The number of fused-ring (bicyclic) bond motifs is 1. The van der Waals surface area contributed by atoms with Gasteiger partial charge in [-0.2, -0.15) is 11.8 Å². The Hall–Kier alpha value is -1.00. The Balaban J connectivity index is 1.93. The van der Waals surface area contributed by atoms with E-state index in [9.17, 15) is 4.79 Å². The molecule has 0 saturated carbocycles.